The predicted molar refractivity (Wildman–Crippen MR) is 131 cm³/mol. The van der Waals surface area contributed by atoms with Crippen LogP contribution in [0.25, 0.3) is 0 Å². The Kier molecular flexibility index (Phi) is 8.05. The van der Waals surface area contributed by atoms with Crippen LogP contribution in [-0.2, 0) is 21.4 Å². The van der Waals surface area contributed by atoms with Crippen LogP contribution in [0.5, 0.6) is 5.75 Å². The third-order valence-corrected chi connectivity index (χ3v) is 8.49. The third-order valence-electron chi connectivity index (χ3n) is 6.57. The summed E-state index contributed by atoms with van der Waals surface area (Å²) in [7, 11) is -3.58. The lowest BCUT2D eigenvalue weighted by atomic mass is 9.95. The van der Waals surface area contributed by atoms with Crippen molar-refractivity contribution in [1.82, 2.24) is 14.6 Å². The van der Waals surface area contributed by atoms with Gasteiger partial charge in [-0.3, -0.25) is 4.79 Å². The third kappa shape index (κ3) is 5.52. The van der Waals surface area contributed by atoms with E-state index in [1.807, 2.05) is 36.1 Å². The molecule has 184 valence electrons. The van der Waals surface area contributed by atoms with Gasteiger partial charge in [-0.1, -0.05) is 24.6 Å². The van der Waals surface area contributed by atoms with Gasteiger partial charge in [0.15, 0.2) is 0 Å². The number of hydrogen-bond acceptors (Lipinski definition) is 6. The van der Waals surface area contributed by atoms with Crippen LogP contribution < -0.4 is 15.0 Å². The number of hydrogen-bond donors (Lipinski definition) is 1. The minimum atomic E-state index is -3.58. The average molecular weight is 487 g/mol. The van der Waals surface area contributed by atoms with Gasteiger partial charge in [0.2, 0.25) is 15.9 Å². The van der Waals surface area contributed by atoms with E-state index in [9.17, 15) is 13.2 Å². The Morgan fingerprint density at radius 2 is 1.79 bits per heavy atom. The summed E-state index contributed by atoms with van der Waals surface area (Å²) in [4.78, 5) is 19.5. The number of nitrogens with zero attached hydrogens (tertiary/aromatic N) is 3. The molecule has 1 aromatic carbocycles. The molecule has 34 heavy (non-hydrogen) atoms. The van der Waals surface area contributed by atoms with Crippen molar-refractivity contribution in [2.75, 3.05) is 37.7 Å². The lowest BCUT2D eigenvalue weighted by molar-refractivity contribution is -0.125. The van der Waals surface area contributed by atoms with Crippen molar-refractivity contribution in [2.24, 2.45) is 5.92 Å². The van der Waals surface area contributed by atoms with Gasteiger partial charge in [-0.2, -0.15) is 4.31 Å². The van der Waals surface area contributed by atoms with Gasteiger partial charge in [-0.05, 0) is 50.8 Å². The van der Waals surface area contributed by atoms with Crippen molar-refractivity contribution in [3.05, 3.63) is 48.2 Å². The van der Waals surface area contributed by atoms with E-state index < -0.39 is 10.0 Å². The molecule has 0 saturated carbocycles. The highest BCUT2D eigenvalue weighted by molar-refractivity contribution is 7.89. The standard InChI is InChI=1S/C25H34N4O4S/c1-2-33-22-10-5-4-9-21(22)19-27-25(30)20-12-17-28(18-13-20)24-23(11-8-14-26-24)34(31,32)29-15-6-3-7-16-29/h4-5,8-11,14,20H,2-3,6-7,12-13,15-19H2,1H3,(H,27,30). The lowest BCUT2D eigenvalue weighted by Crippen LogP contribution is -2.42. The topological polar surface area (TPSA) is 91.8 Å². The van der Waals surface area contributed by atoms with Gasteiger partial charge in [0.1, 0.15) is 16.5 Å². The van der Waals surface area contributed by atoms with Crippen molar-refractivity contribution in [1.29, 1.82) is 0 Å². The number of anilines is 1. The molecule has 0 unspecified atom stereocenters. The zero-order valence-electron chi connectivity index (χ0n) is 19.8. The Hall–Kier alpha value is -2.65. The van der Waals surface area contributed by atoms with Gasteiger partial charge >= 0.3 is 0 Å². The van der Waals surface area contributed by atoms with Crippen molar-refractivity contribution < 1.29 is 17.9 Å². The largest absolute Gasteiger partial charge is 0.494 e. The number of ether oxygens (including phenoxy) is 1. The van der Waals surface area contributed by atoms with Crippen molar-refractivity contribution in [3.8, 4) is 5.75 Å². The van der Waals surface area contributed by atoms with Crippen LogP contribution in [0.1, 0.15) is 44.6 Å². The number of piperidine rings is 2. The van der Waals surface area contributed by atoms with Crippen LogP contribution in [0.3, 0.4) is 0 Å². The van der Waals surface area contributed by atoms with E-state index in [0.29, 0.717) is 58.0 Å². The Morgan fingerprint density at radius 3 is 2.53 bits per heavy atom. The molecule has 0 atom stereocenters. The number of amides is 1. The van der Waals surface area contributed by atoms with Crippen molar-refractivity contribution in [3.63, 3.8) is 0 Å². The van der Waals surface area contributed by atoms with Gasteiger partial charge < -0.3 is 15.0 Å². The zero-order chi connectivity index (χ0) is 24.0. The molecule has 2 aliphatic rings. The highest BCUT2D eigenvalue weighted by atomic mass is 32.2. The molecule has 9 heteroatoms. The van der Waals surface area contributed by atoms with Gasteiger partial charge in [0.25, 0.3) is 0 Å². The Bertz CT molecular complexity index is 1080. The molecule has 0 spiro atoms. The molecule has 1 aromatic heterocycles. The SMILES string of the molecule is CCOc1ccccc1CNC(=O)C1CCN(c2ncccc2S(=O)(=O)N2CCCCC2)CC1. The van der Waals surface area contributed by atoms with Gasteiger partial charge in [0, 0.05) is 50.4 Å². The summed E-state index contributed by atoms with van der Waals surface area (Å²) in [5.74, 6) is 1.20. The first-order valence-electron chi connectivity index (χ1n) is 12.2. The molecule has 2 aliphatic heterocycles. The van der Waals surface area contributed by atoms with Crippen LogP contribution >= 0.6 is 0 Å². The normalized spacial score (nSPS) is 18.0. The number of nitrogens with one attached hydrogen (secondary N) is 1. The summed E-state index contributed by atoms with van der Waals surface area (Å²) >= 11 is 0. The maximum atomic E-state index is 13.3. The molecule has 1 N–H and O–H groups in total. The quantitative estimate of drug-likeness (QED) is 0.616. The van der Waals surface area contributed by atoms with Gasteiger partial charge in [0.05, 0.1) is 6.61 Å². The monoisotopic (exact) mass is 486 g/mol. The summed E-state index contributed by atoms with van der Waals surface area (Å²) in [6, 6.07) is 11.1. The van der Waals surface area contributed by atoms with Crippen LogP contribution in [0.2, 0.25) is 0 Å². The number of aromatic nitrogens is 1. The van der Waals surface area contributed by atoms with E-state index in [1.165, 1.54) is 0 Å². The van der Waals surface area contributed by atoms with E-state index in [2.05, 4.69) is 10.3 Å². The first kappa shape index (κ1) is 24.5. The van der Waals surface area contributed by atoms with Crippen molar-refractivity contribution >= 4 is 21.7 Å². The van der Waals surface area contributed by atoms with E-state index in [-0.39, 0.29) is 16.7 Å². The molecule has 8 nitrogen and oxygen atoms in total. The van der Waals surface area contributed by atoms with Crippen LogP contribution in [0.4, 0.5) is 5.82 Å². The summed E-state index contributed by atoms with van der Waals surface area (Å²) in [6.07, 6.45) is 5.80. The number of sulfonamides is 1. The van der Waals surface area contributed by atoms with E-state index in [0.717, 1.165) is 30.6 Å². The molecular formula is C25H34N4O4S. The molecule has 0 bridgehead atoms. The Labute approximate surface area is 202 Å². The second-order valence-corrected chi connectivity index (χ2v) is 10.7. The molecule has 0 radical (unpaired) electrons. The number of rotatable bonds is 8. The maximum absolute atomic E-state index is 13.3. The molecule has 2 aromatic rings. The van der Waals surface area contributed by atoms with Crippen molar-refractivity contribution in [2.45, 2.75) is 50.5 Å². The number of pyridine rings is 1. The molecule has 2 saturated heterocycles. The predicted octanol–water partition coefficient (Wildman–Crippen LogP) is 3.19. The Morgan fingerprint density at radius 1 is 1.06 bits per heavy atom. The fourth-order valence-electron chi connectivity index (χ4n) is 4.69. The molecule has 4 rings (SSSR count). The molecule has 0 aliphatic carbocycles. The van der Waals surface area contributed by atoms with E-state index >= 15 is 0 Å². The first-order valence-corrected chi connectivity index (χ1v) is 13.6. The fraction of sp³-hybridized carbons (Fsp3) is 0.520. The average Bonchev–Trinajstić information content (AvgIpc) is 2.89. The molecule has 1 amide bonds. The minimum absolute atomic E-state index is 0.0214. The minimum Gasteiger partial charge on any atom is -0.494 e. The molecular weight excluding hydrogens is 452 g/mol. The van der Waals surface area contributed by atoms with E-state index in [4.69, 9.17) is 4.74 Å². The number of carbonyl (C=O) groups is 1. The first-order chi connectivity index (χ1) is 16.5. The van der Waals surface area contributed by atoms with E-state index in [1.54, 1.807) is 22.6 Å². The van der Waals surface area contributed by atoms with Crippen LogP contribution in [-0.4, -0.2) is 56.4 Å². The highest BCUT2D eigenvalue weighted by Gasteiger charge is 2.32. The lowest BCUT2D eigenvalue weighted by Gasteiger charge is -2.34. The van der Waals surface area contributed by atoms with Crippen LogP contribution in [0.15, 0.2) is 47.5 Å². The summed E-state index contributed by atoms with van der Waals surface area (Å²) in [5, 5.41) is 3.05. The van der Waals surface area contributed by atoms with Crippen LogP contribution in [0, 0.1) is 5.92 Å². The fourth-order valence-corrected chi connectivity index (χ4v) is 6.37. The molecule has 3 heterocycles. The number of para-hydroxylation sites is 1. The number of carbonyl (C=O) groups excluding carboxylic acids is 1. The smallest absolute Gasteiger partial charge is 0.246 e. The summed E-state index contributed by atoms with van der Waals surface area (Å²) < 4.78 is 33.8. The van der Waals surface area contributed by atoms with Gasteiger partial charge in [-0.15, -0.1) is 0 Å². The Balaban J connectivity index is 1.38. The number of benzene rings is 1. The second kappa shape index (κ2) is 11.2. The van der Waals surface area contributed by atoms with Gasteiger partial charge in [-0.25, -0.2) is 13.4 Å². The highest BCUT2D eigenvalue weighted by Crippen LogP contribution is 2.30. The molecule has 2 fully saturated rings. The second-order valence-electron chi connectivity index (χ2n) is 8.81. The summed E-state index contributed by atoms with van der Waals surface area (Å²) in [5.41, 5.74) is 0.955. The summed E-state index contributed by atoms with van der Waals surface area (Å²) in [6.45, 7) is 5.24. The zero-order valence-corrected chi connectivity index (χ0v) is 20.6. The maximum Gasteiger partial charge on any atom is 0.246 e.